The molecule has 0 aliphatic carbocycles. The number of carbonyl (C=O) groups excluding carboxylic acids is 2. The van der Waals surface area contributed by atoms with E-state index in [2.05, 4.69) is 0 Å². The van der Waals surface area contributed by atoms with Gasteiger partial charge in [0, 0.05) is 11.6 Å². The second kappa shape index (κ2) is 6.82. The number of nitrogens with zero attached hydrogens (tertiary/aromatic N) is 1. The van der Waals surface area contributed by atoms with E-state index in [1.165, 1.54) is 18.2 Å². The molecule has 146 valence electrons. The summed E-state index contributed by atoms with van der Waals surface area (Å²) in [5.74, 6) is -3.20. The summed E-state index contributed by atoms with van der Waals surface area (Å²) in [5.41, 5.74) is -0.175. The number of ketones is 1. The van der Waals surface area contributed by atoms with Crippen LogP contribution in [0.15, 0.2) is 53.1 Å². The Bertz CT molecular complexity index is 1090. The van der Waals surface area contributed by atoms with Crippen LogP contribution in [0.1, 0.15) is 27.7 Å². The Kier molecular flexibility index (Phi) is 4.59. The maximum atomic E-state index is 14.6. The minimum atomic E-state index is -3.34. The molecular formula is C19H16FNO5S2. The fourth-order valence-electron chi connectivity index (χ4n) is 3.77. The number of thiophene rings is 1. The molecule has 9 heteroatoms. The highest BCUT2D eigenvalue weighted by Gasteiger charge is 2.49. The number of amides is 1. The molecule has 0 saturated carbocycles. The molecule has 2 atom stereocenters. The largest absolute Gasteiger partial charge is 0.503 e. The lowest BCUT2D eigenvalue weighted by atomic mass is 9.94. The fourth-order valence-corrected chi connectivity index (χ4v) is 6.16. The van der Waals surface area contributed by atoms with Crippen molar-refractivity contribution in [1.29, 1.82) is 0 Å². The summed E-state index contributed by atoms with van der Waals surface area (Å²) in [4.78, 5) is 27.3. The Morgan fingerprint density at radius 2 is 1.96 bits per heavy atom. The number of aliphatic hydroxyl groups is 1. The summed E-state index contributed by atoms with van der Waals surface area (Å²) in [5, 5.41) is 12.2. The first-order valence-electron chi connectivity index (χ1n) is 8.59. The van der Waals surface area contributed by atoms with Crippen LogP contribution in [0, 0.1) is 5.82 Å². The van der Waals surface area contributed by atoms with Gasteiger partial charge in [-0.2, -0.15) is 0 Å². The second-order valence-corrected chi connectivity index (χ2v) is 9.94. The van der Waals surface area contributed by atoms with Crippen LogP contribution in [0.4, 0.5) is 4.39 Å². The third-order valence-electron chi connectivity index (χ3n) is 5.04. The molecule has 2 aromatic rings. The number of carbonyl (C=O) groups is 2. The highest BCUT2D eigenvalue weighted by atomic mass is 32.2. The van der Waals surface area contributed by atoms with E-state index in [9.17, 15) is 27.5 Å². The summed E-state index contributed by atoms with van der Waals surface area (Å²) in [6.07, 6.45) is 0.173. The monoisotopic (exact) mass is 421 g/mol. The van der Waals surface area contributed by atoms with E-state index in [1.807, 2.05) is 0 Å². The summed E-state index contributed by atoms with van der Waals surface area (Å²) in [6.45, 7) is 0. The Labute approximate surface area is 164 Å². The van der Waals surface area contributed by atoms with E-state index in [1.54, 1.807) is 23.6 Å². The van der Waals surface area contributed by atoms with Gasteiger partial charge in [-0.05, 0) is 23.9 Å². The molecule has 2 aliphatic heterocycles. The van der Waals surface area contributed by atoms with E-state index >= 15 is 0 Å². The molecule has 6 nitrogen and oxygen atoms in total. The van der Waals surface area contributed by atoms with Crippen LogP contribution in [0.2, 0.25) is 0 Å². The Balaban J connectivity index is 1.85. The lowest BCUT2D eigenvalue weighted by molar-refractivity contribution is -0.131. The van der Waals surface area contributed by atoms with Gasteiger partial charge in [-0.25, -0.2) is 12.8 Å². The molecular weight excluding hydrogens is 405 g/mol. The topological polar surface area (TPSA) is 91.8 Å². The van der Waals surface area contributed by atoms with Gasteiger partial charge in [0.15, 0.2) is 15.6 Å². The van der Waals surface area contributed by atoms with Crippen LogP contribution in [0.5, 0.6) is 0 Å². The van der Waals surface area contributed by atoms with Crippen molar-refractivity contribution in [2.45, 2.75) is 18.5 Å². The second-order valence-electron chi connectivity index (χ2n) is 6.76. The van der Waals surface area contributed by atoms with Crippen LogP contribution in [0.3, 0.4) is 0 Å². The van der Waals surface area contributed by atoms with Crippen LogP contribution in [-0.2, 0) is 14.6 Å². The van der Waals surface area contributed by atoms with E-state index in [4.69, 9.17) is 0 Å². The standard InChI is InChI=1S/C19H16FNO5S2/c20-13-5-2-1-4-12(13)16-15(17(22)14-6-3-8-27-14)18(23)19(24)21(16)11-7-9-28(25,26)10-11/h1-6,8,11,16,23H,7,9-10H2/t11-,16-/m1/s1. The Morgan fingerprint density at radius 3 is 2.57 bits per heavy atom. The van der Waals surface area contributed by atoms with Gasteiger partial charge >= 0.3 is 0 Å². The minimum Gasteiger partial charge on any atom is -0.503 e. The third-order valence-corrected chi connectivity index (χ3v) is 7.65. The predicted molar refractivity (Wildman–Crippen MR) is 101 cm³/mol. The number of sulfone groups is 1. The third kappa shape index (κ3) is 3.04. The number of halogens is 1. The number of hydrogen-bond acceptors (Lipinski definition) is 6. The molecule has 2 aliphatic rings. The molecule has 0 radical (unpaired) electrons. The predicted octanol–water partition coefficient (Wildman–Crippen LogP) is 2.65. The molecule has 0 spiro atoms. The summed E-state index contributed by atoms with van der Waals surface area (Å²) in [6, 6.07) is 6.97. The van der Waals surface area contributed by atoms with Crippen molar-refractivity contribution in [3.8, 4) is 0 Å². The summed E-state index contributed by atoms with van der Waals surface area (Å²) < 4.78 is 38.5. The average molecular weight is 421 g/mol. The Hall–Kier alpha value is -2.52. The van der Waals surface area contributed by atoms with E-state index < -0.39 is 45.2 Å². The van der Waals surface area contributed by atoms with E-state index in [0.29, 0.717) is 4.88 Å². The summed E-state index contributed by atoms with van der Waals surface area (Å²) in [7, 11) is -3.34. The number of aliphatic hydroxyl groups excluding tert-OH is 1. The van der Waals surface area contributed by atoms with Crippen LogP contribution >= 0.6 is 11.3 Å². The van der Waals surface area contributed by atoms with Gasteiger partial charge in [0.1, 0.15) is 5.82 Å². The molecule has 1 fully saturated rings. The minimum absolute atomic E-state index is 0.0455. The maximum Gasteiger partial charge on any atom is 0.290 e. The maximum absolute atomic E-state index is 14.6. The van der Waals surface area contributed by atoms with Gasteiger partial charge in [0.05, 0.1) is 28.0 Å². The first kappa shape index (κ1) is 18.8. The molecule has 28 heavy (non-hydrogen) atoms. The molecule has 1 N–H and O–H groups in total. The van der Waals surface area contributed by atoms with Gasteiger partial charge in [-0.3, -0.25) is 9.59 Å². The van der Waals surface area contributed by atoms with Crippen molar-refractivity contribution in [1.82, 2.24) is 4.90 Å². The first-order chi connectivity index (χ1) is 13.3. The summed E-state index contributed by atoms with van der Waals surface area (Å²) >= 11 is 1.14. The van der Waals surface area contributed by atoms with Crippen molar-refractivity contribution < 1.29 is 27.5 Å². The molecule has 1 saturated heterocycles. The highest BCUT2D eigenvalue weighted by molar-refractivity contribution is 7.91. The molecule has 1 aromatic heterocycles. The smallest absolute Gasteiger partial charge is 0.290 e. The fraction of sp³-hybridized carbons (Fsp3) is 0.263. The van der Waals surface area contributed by atoms with Crippen molar-refractivity contribution in [3.63, 3.8) is 0 Å². The van der Waals surface area contributed by atoms with Gasteiger partial charge in [0.2, 0.25) is 5.78 Å². The number of rotatable bonds is 4. The molecule has 0 bridgehead atoms. The Morgan fingerprint density at radius 1 is 1.21 bits per heavy atom. The van der Waals surface area contributed by atoms with Gasteiger partial charge in [-0.1, -0.05) is 24.3 Å². The average Bonchev–Trinajstić information content (AvgIpc) is 3.35. The van der Waals surface area contributed by atoms with E-state index in [-0.39, 0.29) is 29.1 Å². The first-order valence-corrected chi connectivity index (χ1v) is 11.3. The van der Waals surface area contributed by atoms with Gasteiger partial charge in [0.25, 0.3) is 5.91 Å². The number of hydrogen-bond donors (Lipinski definition) is 1. The number of Topliss-reactive ketones (excluding diaryl/α,β-unsaturated/α-hetero) is 1. The molecule has 1 aromatic carbocycles. The zero-order valence-corrected chi connectivity index (χ0v) is 16.2. The molecule has 1 amide bonds. The number of benzene rings is 1. The van der Waals surface area contributed by atoms with Gasteiger partial charge < -0.3 is 10.0 Å². The van der Waals surface area contributed by atoms with Crippen LogP contribution in [0.25, 0.3) is 0 Å². The molecule has 4 rings (SSSR count). The lowest BCUT2D eigenvalue weighted by Gasteiger charge is -2.31. The van der Waals surface area contributed by atoms with Gasteiger partial charge in [-0.15, -0.1) is 11.3 Å². The lowest BCUT2D eigenvalue weighted by Crippen LogP contribution is -2.41. The quantitative estimate of drug-likeness (QED) is 0.767. The zero-order valence-electron chi connectivity index (χ0n) is 14.5. The SMILES string of the molecule is O=C(C1=C(O)C(=O)N([C@@H]2CCS(=O)(=O)C2)[C@@H]1c1ccccc1F)c1cccs1. The zero-order chi connectivity index (χ0) is 20.1. The van der Waals surface area contributed by atoms with Crippen molar-refractivity contribution >= 4 is 32.9 Å². The van der Waals surface area contributed by atoms with Crippen LogP contribution in [-0.4, -0.2) is 47.7 Å². The normalized spacial score (nSPS) is 24.2. The molecule has 3 heterocycles. The van der Waals surface area contributed by atoms with Crippen LogP contribution < -0.4 is 0 Å². The molecule has 0 unspecified atom stereocenters. The van der Waals surface area contributed by atoms with Crippen molar-refractivity contribution in [2.75, 3.05) is 11.5 Å². The van der Waals surface area contributed by atoms with E-state index in [0.717, 1.165) is 16.2 Å². The van der Waals surface area contributed by atoms with Crippen molar-refractivity contribution in [2.24, 2.45) is 0 Å². The van der Waals surface area contributed by atoms with Crippen molar-refractivity contribution in [3.05, 3.63) is 69.4 Å². The highest BCUT2D eigenvalue weighted by Crippen LogP contribution is 2.43.